The largest absolute Gasteiger partial charge is 0.354 e. The van der Waals surface area contributed by atoms with Gasteiger partial charge in [-0.05, 0) is 62.3 Å². The van der Waals surface area contributed by atoms with Gasteiger partial charge in [-0.1, -0.05) is 51.8 Å². The molecule has 4 N–H and O–H groups in total. The number of fused-ring (bicyclic) bond motifs is 1. The molecule has 0 aliphatic carbocycles. The molecule has 0 radical (unpaired) electrons. The number of H-pyrrole nitrogens is 1. The molecule has 3 rings (SSSR count). The quantitative estimate of drug-likeness (QED) is 0.276. The number of benzene rings is 2. The highest BCUT2D eigenvalue weighted by molar-refractivity contribution is 9.10. The maximum absolute atomic E-state index is 13.0. The van der Waals surface area contributed by atoms with Crippen LogP contribution in [0.4, 0.5) is 0 Å². The van der Waals surface area contributed by atoms with E-state index in [1.54, 1.807) is 0 Å². The molecule has 1 aromatic heterocycles. The number of likely N-dealkylation sites (N-methyl/N-ethyl adjacent to an activating group) is 1. The highest BCUT2D eigenvalue weighted by Gasteiger charge is 2.17. The van der Waals surface area contributed by atoms with E-state index in [0.717, 1.165) is 59.1 Å². The Bertz CT molecular complexity index is 1030. The predicted molar refractivity (Wildman–Crippen MR) is 135 cm³/mol. The van der Waals surface area contributed by atoms with E-state index in [1.165, 1.54) is 0 Å². The second kappa shape index (κ2) is 12.1. The first kappa shape index (κ1) is 23.5. The van der Waals surface area contributed by atoms with Gasteiger partial charge in [-0.15, -0.1) is 0 Å². The van der Waals surface area contributed by atoms with Gasteiger partial charge in [0, 0.05) is 40.0 Å². The Kier molecular flexibility index (Phi) is 9.15. The first-order valence-corrected chi connectivity index (χ1v) is 11.6. The molecular formula is C24H28BrClN4O. The second-order valence-corrected chi connectivity index (χ2v) is 8.66. The van der Waals surface area contributed by atoms with E-state index in [4.69, 9.17) is 11.6 Å². The minimum atomic E-state index is -0.0625. The molecule has 1 amide bonds. The van der Waals surface area contributed by atoms with E-state index in [1.807, 2.05) is 61.7 Å². The Morgan fingerprint density at radius 3 is 2.58 bits per heavy atom. The number of aromatic amines is 1. The number of aromatic nitrogens is 1. The molecule has 7 heteroatoms. The highest BCUT2D eigenvalue weighted by atomic mass is 79.9. The van der Waals surface area contributed by atoms with E-state index < -0.39 is 0 Å². The third kappa shape index (κ3) is 6.94. The monoisotopic (exact) mass is 502 g/mol. The van der Waals surface area contributed by atoms with E-state index >= 15 is 0 Å². The first-order valence-electron chi connectivity index (χ1n) is 10.5. The molecule has 3 aromatic rings. The van der Waals surface area contributed by atoms with Crippen molar-refractivity contribution in [3.8, 4) is 0 Å². The van der Waals surface area contributed by atoms with Crippen LogP contribution in [0.15, 0.2) is 46.9 Å². The summed E-state index contributed by atoms with van der Waals surface area (Å²) in [5.41, 5.74) is 3.39. The van der Waals surface area contributed by atoms with Crippen molar-refractivity contribution in [1.82, 2.24) is 20.9 Å². The van der Waals surface area contributed by atoms with Gasteiger partial charge in [-0.25, -0.2) is 0 Å². The fourth-order valence-electron chi connectivity index (χ4n) is 3.32. The molecule has 0 fully saturated rings. The van der Waals surface area contributed by atoms with Crippen molar-refractivity contribution in [3.63, 3.8) is 0 Å². The lowest BCUT2D eigenvalue weighted by Gasteiger charge is -2.07. The smallest absolute Gasteiger partial charge is 0.254 e. The van der Waals surface area contributed by atoms with E-state index in [2.05, 4.69) is 36.9 Å². The van der Waals surface area contributed by atoms with Crippen molar-refractivity contribution >= 4 is 56.5 Å². The average Bonchev–Trinajstić information content (AvgIpc) is 3.12. The number of halogens is 2. The van der Waals surface area contributed by atoms with Crippen LogP contribution in [-0.2, 0) is 0 Å². The lowest BCUT2D eigenvalue weighted by atomic mass is 10.1. The van der Waals surface area contributed by atoms with E-state index in [-0.39, 0.29) is 5.91 Å². The van der Waals surface area contributed by atoms with Crippen molar-refractivity contribution in [2.24, 2.45) is 0 Å². The molecule has 0 aliphatic heterocycles. The normalized spacial score (nSPS) is 11.5. The van der Waals surface area contributed by atoms with Crippen LogP contribution in [0.1, 0.15) is 34.5 Å². The minimum Gasteiger partial charge on any atom is -0.354 e. The van der Waals surface area contributed by atoms with Gasteiger partial charge in [0.05, 0.1) is 11.3 Å². The van der Waals surface area contributed by atoms with Gasteiger partial charge < -0.3 is 20.9 Å². The Morgan fingerprint density at radius 2 is 1.81 bits per heavy atom. The molecule has 0 saturated carbocycles. The number of unbranched alkanes of at least 4 members (excludes halogenated alkanes) is 1. The summed E-state index contributed by atoms with van der Waals surface area (Å²) in [6.07, 6.45) is 5.87. The molecule has 0 unspecified atom stereocenters. The molecule has 2 aromatic carbocycles. The fourth-order valence-corrected chi connectivity index (χ4v) is 3.80. The van der Waals surface area contributed by atoms with Crippen LogP contribution in [0.3, 0.4) is 0 Å². The Morgan fingerprint density at radius 1 is 1.03 bits per heavy atom. The zero-order chi connectivity index (χ0) is 22.1. The summed E-state index contributed by atoms with van der Waals surface area (Å²) in [6.45, 7) is 3.51. The molecule has 31 heavy (non-hydrogen) atoms. The first-order chi connectivity index (χ1) is 15.1. The van der Waals surface area contributed by atoms with Gasteiger partial charge in [-0.2, -0.15) is 0 Å². The summed E-state index contributed by atoms with van der Waals surface area (Å²) < 4.78 is 0.965. The summed E-state index contributed by atoms with van der Waals surface area (Å²) in [5.74, 6) is -0.0625. The molecule has 0 spiro atoms. The Balaban J connectivity index is 1.69. The standard InChI is InChI=1S/C24H28BrClN4O/c1-27-14-15-28-12-2-3-13-29-24(31)23-20-10-7-18(25)16-22(20)30-21(23)11-6-17-4-8-19(26)9-5-17/h4-11,16,27-28,30H,2-3,12-15H2,1H3,(H,29,31)/b11-6+. The van der Waals surface area contributed by atoms with Crippen LogP contribution in [0.5, 0.6) is 0 Å². The van der Waals surface area contributed by atoms with Crippen molar-refractivity contribution < 1.29 is 4.79 Å². The van der Waals surface area contributed by atoms with Gasteiger partial charge in [0.15, 0.2) is 0 Å². The topological polar surface area (TPSA) is 68.9 Å². The average molecular weight is 504 g/mol. The Hall–Kier alpha value is -2.12. The molecule has 5 nitrogen and oxygen atoms in total. The minimum absolute atomic E-state index is 0.0625. The molecule has 0 saturated heterocycles. The van der Waals surface area contributed by atoms with Gasteiger partial charge >= 0.3 is 0 Å². The maximum atomic E-state index is 13.0. The number of rotatable bonds is 11. The van der Waals surface area contributed by atoms with Crippen LogP contribution in [0.25, 0.3) is 23.1 Å². The van der Waals surface area contributed by atoms with E-state index in [9.17, 15) is 4.79 Å². The molecule has 0 atom stereocenters. The SMILES string of the molecule is CNCCNCCCCNC(=O)c1c(/C=C/c2ccc(Cl)cc2)[nH]c2cc(Br)ccc12. The van der Waals surface area contributed by atoms with Gasteiger partial charge in [0.1, 0.15) is 0 Å². The highest BCUT2D eigenvalue weighted by Crippen LogP contribution is 2.27. The third-order valence-corrected chi connectivity index (χ3v) is 5.69. The number of nitrogens with one attached hydrogen (secondary N) is 4. The summed E-state index contributed by atoms with van der Waals surface area (Å²) in [4.78, 5) is 16.4. The third-order valence-electron chi connectivity index (χ3n) is 4.95. The number of amides is 1. The zero-order valence-corrected chi connectivity index (χ0v) is 19.9. The summed E-state index contributed by atoms with van der Waals surface area (Å²) >= 11 is 9.48. The predicted octanol–water partition coefficient (Wildman–Crippen LogP) is 5.07. The van der Waals surface area contributed by atoms with Crippen molar-refractivity contribution in [3.05, 3.63) is 68.8 Å². The lowest BCUT2D eigenvalue weighted by Crippen LogP contribution is -2.27. The van der Waals surface area contributed by atoms with Crippen LogP contribution in [0.2, 0.25) is 5.02 Å². The van der Waals surface area contributed by atoms with Crippen LogP contribution >= 0.6 is 27.5 Å². The maximum Gasteiger partial charge on any atom is 0.254 e. The van der Waals surface area contributed by atoms with Crippen molar-refractivity contribution in [2.45, 2.75) is 12.8 Å². The Labute approximate surface area is 196 Å². The number of carbonyl (C=O) groups excluding carboxylic acids is 1. The summed E-state index contributed by atoms with van der Waals surface area (Å²) in [6, 6.07) is 13.5. The van der Waals surface area contributed by atoms with Gasteiger partial charge in [0.25, 0.3) is 5.91 Å². The zero-order valence-electron chi connectivity index (χ0n) is 17.6. The van der Waals surface area contributed by atoms with E-state index in [0.29, 0.717) is 17.1 Å². The van der Waals surface area contributed by atoms with Gasteiger partial charge in [-0.3, -0.25) is 4.79 Å². The number of hydrogen-bond acceptors (Lipinski definition) is 3. The van der Waals surface area contributed by atoms with Crippen LogP contribution < -0.4 is 16.0 Å². The summed E-state index contributed by atoms with van der Waals surface area (Å²) in [5, 5.41) is 11.2. The lowest BCUT2D eigenvalue weighted by molar-refractivity contribution is 0.0954. The van der Waals surface area contributed by atoms with Crippen molar-refractivity contribution in [1.29, 1.82) is 0 Å². The molecule has 0 aliphatic rings. The van der Waals surface area contributed by atoms with Crippen LogP contribution in [0, 0.1) is 0 Å². The fraction of sp³-hybridized carbons (Fsp3) is 0.292. The van der Waals surface area contributed by atoms with Crippen molar-refractivity contribution in [2.75, 3.05) is 33.2 Å². The molecule has 1 heterocycles. The number of carbonyl (C=O) groups is 1. The van der Waals surface area contributed by atoms with Crippen LogP contribution in [-0.4, -0.2) is 44.1 Å². The number of hydrogen-bond donors (Lipinski definition) is 4. The molecule has 0 bridgehead atoms. The van der Waals surface area contributed by atoms with Gasteiger partial charge in [0.2, 0.25) is 0 Å². The second-order valence-electron chi connectivity index (χ2n) is 7.31. The summed E-state index contributed by atoms with van der Waals surface area (Å²) in [7, 11) is 1.94. The molecular weight excluding hydrogens is 476 g/mol. The molecule has 164 valence electrons.